The van der Waals surface area contributed by atoms with Crippen molar-refractivity contribution in [2.24, 2.45) is 5.92 Å². The third kappa shape index (κ3) is 2.82. The quantitative estimate of drug-likeness (QED) is 0.940. The van der Waals surface area contributed by atoms with Crippen molar-refractivity contribution in [2.75, 3.05) is 19.6 Å². The van der Waals surface area contributed by atoms with E-state index in [1.165, 1.54) is 51.6 Å². The largest absolute Gasteiger partial charge is 0.340 e. The van der Waals surface area contributed by atoms with Crippen LogP contribution in [0.2, 0.25) is 0 Å². The van der Waals surface area contributed by atoms with Crippen molar-refractivity contribution >= 4 is 11.2 Å². The van der Waals surface area contributed by atoms with Crippen LogP contribution in [-0.4, -0.2) is 39.5 Å². The molecule has 4 nitrogen and oxygen atoms in total. The number of pyridine rings is 1. The minimum Gasteiger partial charge on any atom is -0.340 e. The molecule has 1 aliphatic carbocycles. The van der Waals surface area contributed by atoms with E-state index in [1.807, 2.05) is 12.3 Å². The molecule has 1 atom stereocenters. The van der Waals surface area contributed by atoms with E-state index < -0.39 is 0 Å². The van der Waals surface area contributed by atoms with Crippen LogP contribution < -0.4 is 0 Å². The summed E-state index contributed by atoms with van der Waals surface area (Å²) in [7, 11) is 0. The highest BCUT2D eigenvalue weighted by Crippen LogP contribution is 2.30. The molecule has 3 heterocycles. The van der Waals surface area contributed by atoms with Crippen molar-refractivity contribution in [2.45, 2.75) is 44.4 Å². The maximum Gasteiger partial charge on any atom is 0.177 e. The molecule has 2 fully saturated rings. The van der Waals surface area contributed by atoms with Crippen LogP contribution in [0.3, 0.4) is 0 Å². The van der Waals surface area contributed by atoms with Gasteiger partial charge in [-0.15, -0.1) is 0 Å². The number of hydrogen-bond donors (Lipinski definition) is 1. The van der Waals surface area contributed by atoms with Gasteiger partial charge in [0.1, 0.15) is 5.82 Å². The lowest BCUT2D eigenvalue weighted by atomic mass is 9.89. The summed E-state index contributed by atoms with van der Waals surface area (Å²) in [6.45, 7) is 3.69. The Balaban J connectivity index is 1.41. The van der Waals surface area contributed by atoms with Crippen molar-refractivity contribution < 1.29 is 0 Å². The first-order chi connectivity index (χ1) is 10.4. The predicted octanol–water partition coefficient (Wildman–Crippen LogP) is 3.33. The number of H-pyrrole nitrogens is 1. The highest BCUT2D eigenvalue weighted by molar-refractivity contribution is 5.70. The Morgan fingerprint density at radius 3 is 2.95 bits per heavy atom. The number of aromatic amines is 1. The van der Waals surface area contributed by atoms with E-state index in [0.717, 1.165) is 29.5 Å². The molecule has 1 aliphatic heterocycles. The molecular formula is C17H24N4. The second-order valence-electron chi connectivity index (χ2n) is 6.75. The zero-order valence-corrected chi connectivity index (χ0v) is 12.6. The molecule has 0 spiro atoms. The third-order valence-corrected chi connectivity index (χ3v) is 5.18. The highest BCUT2D eigenvalue weighted by atomic mass is 15.2. The molecular weight excluding hydrogens is 260 g/mol. The SMILES string of the molecule is c1cnc2nc(C3CCN(CC4CCCCC4)C3)[nH]c2c1. The van der Waals surface area contributed by atoms with E-state index in [0.29, 0.717) is 5.92 Å². The standard InChI is InChI=1S/C17H24N4/c1-2-5-13(6-3-1)11-21-10-8-14(12-21)16-19-15-7-4-9-18-17(15)20-16/h4,7,9,13-14H,1-3,5-6,8,10-12H2,(H,18,19,20). The fraction of sp³-hybridized carbons (Fsp3) is 0.647. The normalized spacial score (nSPS) is 24.9. The fourth-order valence-electron chi connectivity index (χ4n) is 4.01. The monoisotopic (exact) mass is 284 g/mol. The van der Waals surface area contributed by atoms with Gasteiger partial charge in [0.05, 0.1) is 5.52 Å². The Bertz CT molecular complexity index is 567. The summed E-state index contributed by atoms with van der Waals surface area (Å²) in [5.41, 5.74) is 1.93. The van der Waals surface area contributed by atoms with E-state index in [2.05, 4.69) is 25.9 Å². The Kier molecular flexibility index (Phi) is 3.63. The van der Waals surface area contributed by atoms with Crippen LogP contribution in [-0.2, 0) is 0 Å². The van der Waals surface area contributed by atoms with E-state index in [-0.39, 0.29) is 0 Å². The molecule has 2 aromatic rings. The van der Waals surface area contributed by atoms with Gasteiger partial charge in [-0.05, 0) is 43.9 Å². The number of imidazole rings is 1. The summed E-state index contributed by atoms with van der Waals surface area (Å²) in [4.78, 5) is 15.1. The second kappa shape index (κ2) is 5.76. The fourth-order valence-corrected chi connectivity index (χ4v) is 4.01. The highest BCUT2D eigenvalue weighted by Gasteiger charge is 2.28. The number of aromatic nitrogens is 3. The van der Waals surface area contributed by atoms with Crippen LogP contribution >= 0.6 is 0 Å². The first-order valence-corrected chi connectivity index (χ1v) is 8.41. The number of nitrogens with zero attached hydrogens (tertiary/aromatic N) is 3. The Hall–Kier alpha value is -1.42. The molecule has 0 radical (unpaired) electrons. The summed E-state index contributed by atoms with van der Waals surface area (Å²) in [6, 6.07) is 4.03. The third-order valence-electron chi connectivity index (χ3n) is 5.18. The average Bonchev–Trinajstić information content (AvgIpc) is 3.14. The minimum atomic E-state index is 0.558. The van der Waals surface area contributed by atoms with Gasteiger partial charge in [-0.25, -0.2) is 9.97 Å². The average molecular weight is 284 g/mol. The van der Waals surface area contributed by atoms with Gasteiger partial charge in [0.2, 0.25) is 0 Å². The van der Waals surface area contributed by atoms with E-state index in [9.17, 15) is 0 Å². The van der Waals surface area contributed by atoms with Gasteiger partial charge in [0.15, 0.2) is 5.65 Å². The van der Waals surface area contributed by atoms with E-state index >= 15 is 0 Å². The summed E-state index contributed by atoms with van der Waals surface area (Å²) in [5.74, 6) is 2.63. The van der Waals surface area contributed by atoms with Gasteiger partial charge in [-0.3, -0.25) is 0 Å². The van der Waals surface area contributed by atoms with Crippen molar-refractivity contribution in [3.05, 3.63) is 24.2 Å². The topological polar surface area (TPSA) is 44.8 Å². The molecule has 1 saturated heterocycles. The van der Waals surface area contributed by atoms with Gasteiger partial charge < -0.3 is 9.88 Å². The number of likely N-dealkylation sites (tertiary alicyclic amines) is 1. The number of rotatable bonds is 3. The molecule has 2 aliphatic rings. The summed E-state index contributed by atoms with van der Waals surface area (Å²) in [6.07, 6.45) is 10.3. The minimum absolute atomic E-state index is 0.558. The van der Waals surface area contributed by atoms with Gasteiger partial charge in [0.25, 0.3) is 0 Å². The summed E-state index contributed by atoms with van der Waals surface area (Å²) in [5, 5.41) is 0. The van der Waals surface area contributed by atoms with Crippen LogP contribution in [0.4, 0.5) is 0 Å². The first-order valence-electron chi connectivity index (χ1n) is 8.41. The molecule has 1 unspecified atom stereocenters. The van der Waals surface area contributed by atoms with E-state index in [4.69, 9.17) is 0 Å². The maximum absolute atomic E-state index is 4.68. The predicted molar refractivity (Wildman–Crippen MR) is 84.3 cm³/mol. The Morgan fingerprint density at radius 1 is 1.19 bits per heavy atom. The van der Waals surface area contributed by atoms with Gasteiger partial charge in [-0.1, -0.05) is 19.3 Å². The van der Waals surface area contributed by atoms with Gasteiger partial charge >= 0.3 is 0 Å². The molecule has 1 saturated carbocycles. The number of nitrogens with one attached hydrogen (secondary N) is 1. The van der Waals surface area contributed by atoms with Crippen molar-refractivity contribution in [3.8, 4) is 0 Å². The number of hydrogen-bond acceptors (Lipinski definition) is 3. The molecule has 4 heteroatoms. The smallest absolute Gasteiger partial charge is 0.177 e. The van der Waals surface area contributed by atoms with Crippen LogP contribution in [0.5, 0.6) is 0 Å². The lowest BCUT2D eigenvalue weighted by molar-refractivity contribution is 0.232. The van der Waals surface area contributed by atoms with Crippen LogP contribution in [0.1, 0.15) is 50.3 Å². The van der Waals surface area contributed by atoms with Gasteiger partial charge in [0, 0.05) is 25.2 Å². The molecule has 0 bridgehead atoms. The molecule has 21 heavy (non-hydrogen) atoms. The lowest BCUT2D eigenvalue weighted by Gasteiger charge is -2.26. The zero-order chi connectivity index (χ0) is 14.1. The molecule has 4 rings (SSSR count). The molecule has 112 valence electrons. The van der Waals surface area contributed by atoms with Crippen LogP contribution in [0.25, 0.3) is 11.2 Å². The Labute approximate surface area is 126 Å². The molecule has 1 N–H and O–H groups in total. The van der Waals surface area contributed by atoms with Crippen molar-refractivity contribution in [1.82, 2.24) is 19.9 Å². The maximum atomic E-state index is 4.68. The molecule has 2 aromatic heterocycles. The van der Waals surface area contributed by atoms with Crippen LogP contribution in [0, 0.1) is 5.92 Å². The second-order valence-corrected chi connectivity index (χ2v) is 6.75. The van der Waals surface area contributed by atoms with Crippen LogP contribution in [0.15, 0.2) is 18.3 Å². The zero-order valence-electron chi connectivity index (χ0n) is 12.6. The van der Waals surface area contributed by atoms with E-state index in [1.54, 1.807) is 0 Å². The first kappa shape index (κ1) is 13.3. The molecule has 0 aromatic carbocycles. The Morgan fingerprint density at radius 2 is 2.10 bits per heavy atom. The van der Waals surface area contributed by atoms with Crippen molar-refractivity contribution in [3.63, 3.8) is 0 Å². The molecule has 0 amide bonds. The number of fused-ring (bicyclic) bond motifs is 1. The summed E-state index contributed by atoms with van der Waals surface area (Å²) < 4.78 is 0. The summed E-state index contributed by atoms with van der Waals surface area (Å²) >= 11 is 0. The van der Waals surface area contributed by atoms with Gasteiger partial charge in [-0.2, -0.15) is 0 Å². The lowest BCUT2D eigenvalue weighted by Crippen LogP contribution is -2.28. The van der Waals surface area contributed by atoms with Crippen molar-refractivity contribution in [1.29, 1.82) is 0 Å².